The van der Waals surface area contributed by atoms with Gasteiger partial charge in [-0.2, -0.15) is 13.2 Å². The Bertz CT molecular complexity index is 383. The van der Waals surface area contributed by atoms with E-state index in [1.54, 1.807) is 0 Å². The summed E-state index contributed by atoms with van der Waals surface area (Å²) in [5.41, 5.74) is -0.944. The van der Waals surface area contributed by atoms with Gasteiger partial charge in [0.25, 0.3) is 0 Å². The summed E-state index contributed by atoms with van der Waals surface area (Å²) in [7, 11) is 0. The van der Waals surface area contributed by atoms with Crippen LogP contribution < -0.4 is 5.32 Å². The topological polar surface area (TPSA) is 37.8 Å². The first-order valence-corrected chi connectivity index (χ1v) is 5.78. The van der Waals surface area contributed by atoms with Gasteiger partial charge >= 0.3 is 6.18 Å². The lowest BCUT2D eigenvalue weighted by atomic mass is 9.81. The summed E-state index contributed by atoms with van der Waals surface area (Å²) >= 11 is 0. The maximum atomic E-state index is 12.3. The molecule has 3 nitrogen and oxygen atoms in total. The van der Waals surface area contributed by atoms with Crippen LogP contribution in [0.4, 0.5) is 19.0 Å². The van der Waals surface area contributed by atoms with E-state index in [4.69, 9.17) is 0 Å². The molecule has 1 heterocycles. The summed E-state index contributed by atoms with van der Waals surface area (Å²) in [6, 6.07) is 2.23. The smallest absolute Gasteiger partial charge is 0.368 e. The van der Waals surface area contributed by atoms with Gasteiger partial charge in [-0.1, -0.05) is 27.7 Å². The third-order valence-corrected chi connectivity index (χ3v) is 3.24. The molecular formula is C12H18F3N3. The summed E-state index contributed by atoms with van der Waals surface area (Å²) in [5, 5.41) is 9.69. The van der Waals surface area contributed by atoms with Crippen LogP contribution in [0.2, 0.25) is 0 Å². The van der Waals surface area contributed by atoms with Gasteiger partial charge in [-0.15, -0.1) is 10.2 Å². The van der Waals surface area contributed by atoms with Crippen LogP contribution in [0.1, 0.15) is 33.4 Å². The van der Waals surface area contributed by atoms with Crippen molar-refractivity contribution < 1.29 is 13.2 Å². The van der Waals surface area contributed by atoms with E-state index in [-0.39, 0.29) is 5.41 Å². The van der Waals surface area contributed by atoms with E-state index in [1.807, 2.05) is 0 Å². The van der Waals surface area contributed by atoms with Gasteiger partial charge in [0.15, 0.2) is 5.69 Å². The Morgan fingerprint density at radius 1 is 1.17 bits per heavy atom. The molecule has 18 heavy (non-hydrogen) atoms. The summed E-state index contributed by atoms with van der Waals surface area (Å²) < 4.78 is 36.8. The fourth-order valence-electron chi connectivity index (χ4n) is 1.10. The van der Waals surface area contributed by atoms with E-state index in [1.165, 1.54) is 6.07 Å². The van der Waals surface area contributed by atoms with Crippen LogP contribution in [-0.2, 0) is 6.18 Å². The van der Waals surface area contributed by atoms with Crippen LogP contribution in [0, 0.1) is 11.3 Å². The number of nitrogens with one attached hydrogen (secondary N) is 1. The van der Waals surface area contributed by atoms with Crippen molar-refractivity contribution in [1.82, 2.24) is 10.2 Å². The highest BCUT2D eigenvalue weighted by Crippen LogP contribution is 2.28. The standard InChI is InChI=1S/C12H18F3N3/c1-8(2)11(3,4)7-16-10-6-5-9(17-18-10)12(13,14)15/h5-6,8H,7H2,1-4H3,(H,16,18). The zero-order valence-corrected chi connectivity index (χ0v) is 11.0. The van der Waals surface area contributed by atoms with E-state index in [0.29, 0.717) is 18.3 Å². The molecule has 0 aliphatic carbocycles. The van der Waals surface area contributed by atoms with Crippen LogP contribution >= 0.6 is 0 Å². The second-order valence-electron chi connectivity index (χ2n) is 5.30. The molecule has 6 heteroatoms. The predicted octanol–water partition coefficient (Wildman–Crippen LogP) is 3.59. The number of alkyl halides is 3. The Balaban J connectivity index is 2.65. The first-order chi connectivity index (χ1) is 8.13. The van der Waals surface area contributed by atoms with E-state index in [9.17, 15) is 13.2 Å². The highest BCUT2D eigenvalue weighted by Gasteiger charge is 2.33. The highest BCUT2D eigenvalue weighted by molar-refractivity contribution is 5.33. The molecule has 0 atom stereocenters. The first kappa shape index (κ1) is 14.7. The minimum absolute atomic E-state index is 0.0321. The van der Waals surface area contributed by atoms with Gasteiger partial charge < -0.3 is 5.32 Å². The first-order valence-electron chi connectivity index (χ1n) is 5.78. The highest BCUT2D eigenvalue weighted by atomic mass is 19.4. The largest absolute Gasteiger partial charge is 0.435 e. The lowest BCUT2D eigenvalue weighted by Gasteiger charge is -2.29. The maximum Gasteiger partial charge on any atom is 0.435 e. The molecule has 0 radical (unpaired) electrons. The number of anilines is 1. The number of hydrogen-bond donors (Lipinski definition) is 1. The summed E-state index contributed by atoms with van der Waals surface area (Å²) in [6.45, 7) is 9.00. The molecule has 0 aromatic carbocycles. The van der Waals surface area contributed by atoms with Crippen molar-refractivity contribution in [3.05, 3.63) is 17.8 Å². The monoisotopic (exact) mass is 261 g/mol. The lowest BCUT2D eigenvalue weighted by Crippen LogP contribution is -2.28. The van der Waals surface area contributed by atoms with E-state index in [2.05, 4.69) is 43.2 Å². The van der Waals surface area contributed by atoms with Crippen molar-refractivity contribution in [2.75, 3.05) is 11.9 Å². The molecule has 0 bridgehead atoms. The van der Waals surface area contributed by atoms with Crippen LogP contribution in [0.15, 0.2) is 12.1 Å². The molecular weight excluding hydrogens is 243 g/mol. The molecule has 0 unspecified atom stereocenters. The molecule has 0 saturated heterocycles. The van der Waals surface area contributed by atoms with Crippen molar-refractivity contribution >= 4 is 5.82 Å². The molecule has 1 aromatic heterocycles. The van der Waals surface area contributed by atoms with E-state index >= 15 is 0 Å². The van der Waals surface area contributed by atoms with Gasteiger partial charge in [0.05, 0.1) is 0 Å². The van der Waals surface area contributed by atoms with Crippen molar-refractivity contribution in [3.8, 4) is 0 Å². The summed E-state index contributed by atoms with van der Waals surface area (Å²) in [5.74, 6) is 0.809. The van der Waals surface area contributed by atoms with E-state index in [0.717, 1.165) is 6.07 Å². The lowest BCUT2D eigenvalue weighted by molar-refractivity contribution is -0.141. The molecule has 0 saturated carbocycles. The molecule has 0 aliphatic heterocycles. The predicted molar refractivity (Wildman–Crippen MR) is 64.1 cm³/mol. The van der Waals surface area contributed by atoms with Crippen molar-refractivity contribution in [2.24, 2.45) is 11.3 Å². The Morgan fingerprint density at radius 2 is 1.78 bits per heavy atom. The van der Waals surface area contributed by atoms with Crippen LogP contribution in [-0.4, -0.2) is 16.7 Å². The van der Waals surface area contributed by atoms with Gasteiger partial charge in [0.1, 0.15) is 5.82 Å². The number of rotatable bonds is 4. The number of hydrogen-bond acceptors (Lipinski definition) is 3. The Hall–Kier alpha value is -1.33. The molecule has 1 aromatic rings. The van der Waals surface area contributed by atoms with Gasteiger partial charge in [-0.25, -0.2) is 0 Å². The molecule has 0 aliphatic rings. The summed E-state index contributed by atoms with van der Waals surface area (Å²) in [4.78, 5) is 0. The number of aromatic nitrogens is 2. The normalized spacial score (nSPS) is 12.9. The van der Waals surface area contributed by atoms with Gasteiger partial charge in [-0.05, 0) is 23.5 Å². The zero-order chi connectivity index (χ0) is 14.0. The Labute approximate surface area is 105 Å². The third kappa shape index (κ3) is 3.85. The average Bonchev–Trinajstić information content (AvgIpc) is 2.25. The van der Waals surface area contributed by atoms with Crippen molar-refractivity contribution in [3.63, 3.8) is 0 Å². The molecule has 1 rings (SSSR count). The molecule has 0 amide bonds. The van der Waals surface area contributed by atoms with E-state index < -0.39 is 11.9 Å². The van der Waals surface area contributed by atoms with Crippen molar-refractivity contribution in [1.29, 1.82) is 0 Å². The maximum absolute atomic E-state index is 12.3. The Kier molecular flexibility index (Phi) is 4.19. The van der Waals surface area contributed by atoms with Crippen LogP contribution in [0.3, 0.4) is 0 Å². The number of nitrogens with zero attached hydrogens (tertiary/aromatic N) is 2. The number of halogens is 3. The van der Waals surface area contributed by atoms with Crippen molar-refractivity contribution in [2.45, 2.75) is 33.9 Å². The van der Waals surface area contributed by atoms with Gasteiger partial charge in [-0.3, -0.25) is 0 Å². The zero-order valence-electron chi connectivity index (χ0n) is 11.0. The SMILES string of the molecule is CC(C)C(C)(C)CNc1ccc(C(F)(F)F)nn1. The van der Waals surface area contributed by atoms with Gasteiger partial charge in [0, 0.05) is 6.54 Å². The molecule has 102 valence electrons. The fourth-order valence-corrected chi connectivity index (χ4v) is 1.10. The molecule has 0 spiro atoms. The third-order valence-electron chi connectivity index (χ3n) is 3.24. The Morgan fingerprint density at radius 3 is 2.17 bits per heavy atom. The van der Waals surface area contributed by atoms with Crippen LogP contribution in [0.25, 0.3) is 0 Å². The minimum Gasteiger partial charge on any atom is -0.368 e. The molecule has 0 fully saturated rings. The second-order valence-corrected chi connectivity index (χ2v) is 5.30. The van der Waals surface area contributed by atoms with Gasteiger partial charge in [0.2, 0.25) is 0 Å². The second kappa shape index (κ2) is 5.12. The average molecular weight is 261 g/mol. The molecule has 1 N–H and O–H groups in total. The quantitative estimate of drug-likeness (QED) is 0.900. The minimum atomic E-state index is -4.44. The fraction of sp³-hybridized carbons (Fsp3) is 0.667. The summed E-state index contributed by atoms with van der Waals surface area (Å²) in [6.07, 6.45) is -4.44. The van der Waals surface area contributed by atoms with Crippen LogP contribution in [0.5, 0.6) is 0 Å².